The van der Waals surface area contributed by atoms with Gasteiger partial charge in [-0.1, -0.05) is 6.07 Å². The first-order valence-electron chi connectivity index (χ1n) is 6.82. The van der Waals surface area contributed by atoms with Crippen molar-refractivity contribution in [2.45, 2.75) is 13.3 Å². The van der Waals surface area contributed by atoms with Gasteiger partial charge in [-0.05, 0) is 19.1 Å². The second-order valence-electron chi connectivity index (χ2n) is 4.92. The number of carbonyl (C=O) groups is 1. The third-order valence-electron chi connectivity index (χ3n) is 3.44. The van der Waals surface area contributed by atoms with Gasteiger partial charge in [0.2, 0.25) is 5.95 Å². The van der Waals surface area contributed by atoms with Crippen LogP contribution in [0.25, 0.3) is 5.65 Å². The van der Waals surface area contributed by atoms with Gasteiger partial charge in [-0.15, -0.1) is 0 Å². The van der Waals surface area contributed by atoms with Crippen molar-refractivity contribution in [2.75, 3.05) is 6.54 Å². The molecule has 1 N–H and O–H groups in total. The van der Waals surface area contributed by atoms with Crippen LogP contribution in [0.5, 0.6) is 0 Å². The van der Waals surface area contributed by atoms with Gasteiger partial charge in [-0.2, -0.15) is 9.49 Å². The van der Waals surface area contributed by atoms with Gasteiger partial charge in [-0.3, -0.25) is 13.9 Å². The van der Waals surface area contributed by atoms with E-state index in [2.05, 4.69) is 20.4 Å². The summed E-state index contributed by atoms with van der Waals surface area (Å²) in [7, 11) is 1.77. The second-order valence-corrected chi connectivity index (χ2v) is 4.92. The maximum absolute atomic E-state index is 14.3. The lowest BCUT2D eigenvalue weighted by atomic mass is 10.3. The molecule has 7 nitrogen and oxygen atoms in total. The summed E-state index contributed by atoms with van der Waals surface area (Å²) in [5.74, 6) is -0.446. The topological polar surface area (TPSA) is 77.1 Å². The van der Waals surface area contributed by atoms with E-state index in [1.165, 1.54) is 10.7 Å². The number of hydrogen-bond acceptors (Lipinski definition) is 4. The Hall–Kier alpha value is -2.77. The number of aryl methyl sites for hydroxylation is 2. The minimum absolute atomic E-state index is 0.202. The lowest BCUT2D eigenvalue weighted by Gasteiger charge is -2.03. The number of hydrogen-bond donors (Lipinski definition) is 1. The fourth-order valence-electron chi connectivity index (χ4n) is 2.27. The van der Waals surface area contributed by atoms with Crippen LogP contribution in [-0.4, -0.2) is 36.6 Å². The Bertz CT molecular complexity index is 837. The Morgan fingerprint density at radius 3 is 2.91 bits per heavy atom. The summed E-state index contributed by atoms with van der Waals surface area (Å²) in [5.41, 5.74) is 0.892. The molecule has 0 aliphatic rings. The smallest absolute Gasteiger partial charge is 0.274 e. The summed E-state index contributed by atoms with van der Waals surface area (Å²) in [6, 6.07) is 5.19. The van der Waals surface area contributed by atoms with Gasteiger partial charge in [0.05, 0.1) is 0 Å². The minimum Gasteiger partial charge on any atom is -0.350 e. The number of nitrogens with one attached hydrogen (secondary N) is 1. The van der Waals surface area contributed by atoms with E-state index in [1.54, 1.807) is 36.9 Å². The first kappa shape index (κ1) is 14.2. The van der Waals surface area contributed by atoms with Crippen LogP contribution < -0.4 is 5.32 Å². The van der Waals surface area contributed by atoms with Crippen molar-refractivity contribution in [3.8, 4) is 0 Å². The predicted octanol–water partition coefficient (Wildman–Crippen LogP) is 0.883. The third kappa shape index (κ3) is 2.43. The van der Waals surface area contributed by atoms with Gasteiger partial charge < -0.3 is 5.32 Å². The van der Waals surface area contributed by atoms with E-state index in [9.17, 15) is 9.18 Å². The van der Waals surface area contributed by atoms with E-state index in [0.29, 0.717) is 24.3 Å². The summed E-state index contributed by atoms with van der Waals surface area (Å²) in [4.78, 5) is 20.2. The molecule has 0 aromatic carbocycles. The standard InChI is InChI=1S/C14H15FN6O/c1-9-4-3-5-11-19-12(13(15)21(9)11)14(22)16-7-6-10-17-8-18-20(10)2/h3-5,8H,6-7H2,1-2H3,(H,16,22). The maximum Gasteiger partial charge on any atom is 0.274 e. The summed E-state index contributed by atoms with van der Waals surface area (Å²) in [5, 5.41) is 6.59. The number of nitrogens with zero attached hydrogens (tertiary/aromatic N) is 5. The predicted molar refractivity (Wildman–Crippen MR) is 76.9 cm³/mol. The highest BCUT2D eigenvalue weighted by Gasteiger charge is 2.19. The molecule has 0 atom stereocenters. The van der Waals surface area contributed by atoms with Crippen LogP contribution in [0.2, 0.25) is 0 Å². The number of amides is 1. The van der Waals surface area contributed by atoms with Crippen molar-refractivity contribution in [1.82, 2.24) is 29.5 Å². The molecular weight excluding hydrogens is 287 g/mol. The number of halogens is 1. The van der Waals surface area contributed by atoms with Crippen LogP contribution in [0.4, 0.5) is 4.39 Å². The highest BCUT2D eigenvalue weighted by molar-refractivity contribution is 5.93. The number of rotatable bonds is 4. The van der Waals surface area contributed by atoms with Crippen LogP contribution in [0.15, 0.2) is 24.5 Å². The van der Waals surface area contributed by atoms with Crippen molar-refractivity contribution in [2.24, 2.45) is 7.05 Å². The molecule has 3 aromatic heterocycles. The average Bonchev–Trinajstić information content (AvgIpc) is 3.04. The lowest BCUT2D eigenvalue weighted by Crippen LogP contribution is -2.27. The van der Waals surface area contributed by atoms with Crippen LogP contribution >= 0.6 is 0 Å². The Morgan fingerprint density at radius 1 is 1.41 bits per heavy atom. The fraction of sp³-hybridized carbons (Fsp3) is 0.286. The SMILES string of the molecule is Cc1cccc2nc(C(=O)NCCc3ncnn3C)c(F)n12. The number of aromatic nitrogens is 5. The molecule has 8 heteroatoms. The number of fused-ring (bicyclic) bond motifs is 1. The number of carbonyl (C=O) groups excluding carboxylic acids is 1. The highest BCUT2D eigenvalue weighted by Crippen LogP contribution is 2.13. The second kappa shape index (κ2) is 5.55. The minimum atomic E-state index is -0.649. The normalized spacial score (nSPS) is 11.0. The van der Waals surface area contributed by atoms with Gasteiger partial charge in [0.15, 0.2) is 5.69 Å². The van der Waals surface area contributed by atoms with E-state index in [-0.39, 0.29) is 5.69 Å². The molecule has 0 spiro atoms. The zero-order chi connectivity index (χ0) is 15.7. The van der Waals surface area contributed by atoms with Crippen molar-refractivity contribution < 1.29 is 9.18 Å². The molecule has 0 saturated heterocycles. The summed E-state index contributed by atoms with van der Waals surface area (Å²) >= 11 is 0. The average molecular weight is 302 g/mol. The van der Waals surface area contributed by atoms with Gasteiger partial charge >= 0.3 is 0 Å². The zero-order valence-electron chi connectivity index (χ0n) is 12.2. The van der Waals surface area contributed by atoms with Crippen molar-refractivity contribution >= 4 is 11.6 Å². The monoisotopic (exact) mass is 302 g/mol. The molecule has 0 aliphatic heterocycles. The van der Waals surface area contributed by atoms with Gasteiger partial charge in [0.25, 0.3) is 5.91 Å². The Labute approximate surface area is 125 Å². The zero-order valence-corrected chi connectivity index (χ0v) is 12.2. The van der Waals surface area contributed by atoms with E-state index in [0.717, 1.165) is 5.82 Å². The molecule has 0 fully saturated rings. The van der Waals surface area contributed by atoms with Crippen LogP contribution in [0.1, 0.15) is 22.0 Å². The van der Waals surface area contributed by atoms with E-state index in [1.807, 2.05) is 0 Å². The molecule has 3 heterocycles. The third-order valence-corrected chi connectivity index (χ3v) is 3.44. The van der Waals surface area contributed by atoms with E-state index in [4.69, 9.17) is 0 Å². The summed E-state index contributed by atoms with van der Waals surface area (Å²) in [6.45, 7) is 2.09. The largest absolute Gasteiger partial charge is 0.350 e. The molecule has 0 unspecified atom stereocenters. The first-order valence-corrected chi connectivity index (χ1v) is 6.82. The number of imidazole rings is 1. The van der Waals surface area contributed by atoms with Gasteiger partial charge in [-0.25, -0.2) is 9.97 Å². The Balaban J connectivity index is 1.74. The van der Waals surface area contributed by atoms with E-state index >= 15 is 0 Å². The molecule has 1 amide bonds. The molecule has 114 valence electrons. The molecule has 0 radical (unpaired) electrons. The maximum atomic E-state index is 14.3. The molecule has 0 saturated carbocycles. The van der Waals surface area contributed by atoms with Crippen molar-refractivity contribution in [3.05, 3.63) is 47.7 Å². The van der Waals surface area contributed by atoms with E-state index < -0.39 is 11.9 Å². The molecular formula is C14H15FN6O. The lowest BCUT2D eigenvalue weighted by molar-refractivity contribution is 0.0945. The first-order chi connectivity index (χ1) is 10.6. The van der Waals surface area contributed by atoms with Crippen molar-refractivity contribution in [1.29, 1.82) is 0 Å². The molecule has 0 aliphatic carbocycles. The molecule has 22 heavy (non-hydrogen) atoms. The van der Waals surface area contributed by atoms with Crippen LogP contribution in [-0.2, 0) is 13.5 Å². The molecule has 3 aromatic rings. The van der Waals surface area contributed by atoms with Crippen molar-refractivity contribution in [3.63, 3.8) is 0 Å². The van der Waals surface area contributed by atoms with Crippen LogP contribution in [0, 0.1) is 12.9 Å². The fourth-order valence-corrected chi connectivity index (χ4v) is 2.27. The number of pyridine rings is 1. The Morgan fingerprint density at radius 2 is 2.23 bits per heavy atom. The molecule has 0 bridgehead atoms. The summed E-state index contributed by atoms with van der Waals surface area (Å²) in [6.07, 6.45) is 1.96. The quantitative estimate of drug-likeness (QED) is 0.776. The summed E-state index contributed by atoms with van der Waals surface area (Å²) < 4.78 is 17.3. The molecule has 3 rings (SSSR count). The van der Waals surface area contributed by atoms with Gasteiger partial charge in [0.1, 0.15) is 17.8 Å². The highest BCUT2D eigenvalue weighted by atomic mass is 19.1. The Kier molecular flexibility index (Phi) is 3.58. The van der Waals surface area contributed by atoms with Crippen LogP contribution in [0.3, 0.4) is 0 Å². The van der Waals surface area contributed by atoms with Gasteiger partial charge in [0, 0.05) is 25.7 Å².